The standard InChI is InChI=1S/C21H25N3O6S/c1-4-31(27,28)24-17-8-7-16(11-14(17)2)23-21(26)10-6-15-5-9-18(19(12-15)29-3)30-13-20(22)25/h5-12,24H,4,13H2,1-3H3,(H2,22,25)(H,23,26). The van der Waals surface area contributed by atoms with Gasteiger partial charge in [0.05, 0.1) is 18.6 Å². The zero-order valence-corrected chi connectivity index (χ0v) is 18.3. The zero-order chi connectivity index (χ0) is 23.0. The molecule has 0 aliphatic rings. The van der Waals surface area contributed by atoms with Crippen molar-refractivity contribution in [2.45, 2.75) is 13.8 Å². The maximum atomic E-state index is 12.2. The Bertz CT molecular complexity index is 1100. The smallest absolute Gasteiger partial charge is 0.255 e. The van der Waals surface area contributed by atoms with E-state index in [4.69, 9.17) is 15.2 Å². The highest BCUT2D eigenvalue weighted by Crippen LogP contribution is 2.28. The molecule has 0 heterocycles. The van der Waals surface area contributed by atoms with Crippen LogP contribution in [0.3, 0.4) is 0 Å². The number of hydrogen-bond donors (Lipinski definition) is 3. The van der Waals surface area contributed by atoms with Crippen LogP contribution in [0.2, 0.25) is 0 Å². The molecule has 4 N–H and O–H groups in total. The van der Waals surface area contributed by atoms with Crippen molar-refractivity contribution in [2.24, 2.45) is 5.73 Å². The van der Waals surface area contributed by atoms with E-state index < -0.39 is 15.9 Å². The van der Waals surface area contributed by atoms with Crippen molar-refractivity contribution in [3.05, 3.63) is 53.6 Å². The van der Waals surface area contributed by atoms with Crippen molar-refractivity contribution in [1.29, 1.82) is 0 Å². The van der Waals surface area contributed by atoms with Crippen molar-refractivity contribution in [3.63, 3.8) is 0 Å². The molecule has 2 aromatic rings. The molecule has 0 atom stereocenters. The summed E-state index contributed by atoms with van der Waals surface area (Å²) in [5.74, 6) is -0.247. The number of nitrogens with one attached hydrogen (secondary N) is 2. The van der Waals surface area contributed by atoms with Gasteiger partial charge in [0.15, 0.2) is 18.1 Å². The lowest BCUT2D eigenvalue weighted by Gasteiger charge is -2.11. The Morgan fingerprint density at radius 3 is 2.48 bits per heavy atom. The summed E-state index contributed by atoms with van der Waals surface area (Å²) in [7, 11) is -1.92. The summed E-state index contributed by atoms with van der Waals surface area (Å²) >= 11 is 0. The Hall–Kier alpha value is -3.53. The van der Waals surface area contributed by atoms with Crippen LogP contribution in [0.25, 0.3) is 6.08 Å². The quantitative estimate of drug-likeness (QED) is 0.478. The van der Waals surface area contributed by atoms with Crippen molar-refractivity contribution in [3.8, 4) is 11.5 Å². The van der Waals surface area contributed by atoms with Crippen LogP contribution in [-0.2, 0) is 19.6 Å². The van der Waals surface area contributed by atoms with Gasteiger partial charge >= 0.3 is 0 Å². The number of sulfonamides is 1. The Balaban J connectivity index is 2.05. The first-order chi connectivity index (χ1) is 14.6. The van der Waals surface area contributed by atoms with E-state index in [-0.39, 0.29) is 18.3 Å². The lowest BCUT2D eigenvalue weighted by atomic mass is 10.1. The average Bonchev–Trinajstić information content (AvgIpc) is 2.72. The molecule has 0 spiro atoms. The molecule has 0 aromatic heterocycles. The van der Waals surface area contributed by atoms with Crippen molar-refractivity contribution in [2.75, 3.05) is 29.5 Å². The third-order valence-corrected chi connectivity index (χ3v) is 5.42. The second-order valence-electron chi connectivity index (χ2n) is 6.52. The molecule has 9 nitrogen and oxygen atoms in total. The van der Waals surface area contributed by atoms with E-state index >= 15 is 0 Å². The second kappa shape index (κ2) is 10.5. The van der Waals surface area contributed by atoms with Gasteiger partial charge in [0.25, 0.3) is 5.91 Å². The number of benzene rings is 2. The Labute approximate surface area is 181 Å². The summed E-state index contributed by atoms with van der Waals surface area (Å²) in [4.78, 5) is 23.1. The number of anilines is 2. The fourth-order valence-corrected chi connectivity index (χ4v) is 3.22. The first-order valence-corrected chi connectivity index (χ1v) is 11.0. The fraction of sp³-hybridized carbons (Fsp3) is 0.238. The van der Waals surface area contributed by atoms with Gasteiger partial charge in [0.1, 0.15) is 0 Å². The normalized spacial score (nSPS) is 11.2. The molecule has 0 radical (unpaired) electrons. The van der Waals surface area contributed by atoms with E-state index in [9.17, 15) is 18.0 Å². The molecular weight excluding hydrogens is 422 g/mol. The van der Waals surface area contributed by atoms with E-state index in [0.717, 1.165) is 0 Å². The predicted molar refractivity (Wildman–Crippen MR) is 120 cm³/mol. The van der Waals surface area contributed by atoms with Crippen molar-refractivity contribution >= 4 is 39.3 Å². The minimum Gasteiger partial charge on any atom is -0.493 e. The number of ether oxygens (including phenoxy) is 2. The number of primary amides is 1. The predicted octanol–water partition coefficient (Wildman–Crippen LogP) is 2.28. The summed E-state index contributed by atoms with van der Waals surface area (Å²) in [6, 6.07) is 9.84. The Kier molecular flexibility index (Phi) is 8.03. The van der Waals surface area contributed by atoms with Crippen LogP contribution in [0.5, 0.6) is 11.5 Å². The minimum absolute atomic E-state index is 0.0290. The number of methoxy groups -OCH3 is 1. The lowest BCUT2D eigenvalue weighted by Crippen LogP contribution is -2.20. The number of hydrogen-bond acceptors (Lipinski definition) is 6. The molecule has 0 unspecified atom stereocenters. The topological polar surface area (TPSA) is 137 Å². The van der Waals surface area contributed by atoms with Gasteiger partial charge in [-0.2, -0.15) is 0 Å². The molecule has 0 bridgehead atoms. The van der Waals surface area contributed by atoms with E-state index in [2.05, 4.69) is 10.0 Å². The number of carbonyl (C=O) groups is 2. The number of nitrogens with two attached hydrogens (primary N) is 1. The number of rotatable bonds is 10. The summed E-state index contributed by atoms with van der Waals surface area (Å²) in [5, 5.41) is 2.72. The van der Waals surface area contributed by atoms with Gasteiger partial charge < -0.3 is 20.5 Å². The molecule has 0 aliphatic heterocycles. The minimum atomic E-state index is -3.38. The molecule has 0 saturated carbocycles. The third kappa shape index (κ3) is 7.34. The number of carbonyl (C=O) groups excluding carboxylic acids is 2. The molecule has 166 valence electrons. The number of amides is 2. The van der Waals surface area contributed by atoms with Gasteiger partial charge in [-0.3, -0.25) is 14.3 Å². The van der Waals surface area contributed by atoms with Crippen LogP contribution in [0.15, 0.2) is 42.5 Å². The van der Waals surface area contributed by atoms with E-state index in [0.29, 0.717) is 34.0 Å². The van der Waals surface area contributed by atoms with Crippen LogP contribution >= 0.6 is 0 Å². The molecule has 10 heteroatoms. The molecule has 0 saturated heterocycles. The van der Waals surface area contributed by atoms with E-state index in [1.165, 1.54) is 13.2 Å². The first-order valence-electron chi connectivity index (χ1n) is 9.33. The van der Waals surface area contributed by atoms with Crippen LogP contribution in [-0.4, -0.2) is 39.7 Å². The van der Waals surface area contributed by atoms with E-state index in [1.807, 2.05) is 0 Å². The highest BCUT2D eigenvalue weighted by Gasteiger charge is 2.10. The average molecular weight is 448 g/mol. The summed E-state index contributed by atoms with van der Waals surface area (Å²) in [6.45, 7) is 3.02. The molecule has 2 rings (SSSR count). The molecule has 31 heavy (non-hydrogen) atoms. The molecular formula is C21H25N3O6S. The highest BCUT2D eigenvalue weighted by atomic mass is 32.2. The number of aryl methyl sites for hydroxylation is 1. The second-order valence-corrected chi connectivity index (χ2v) is 8.53. The van der Waals surface area contributed by atoms with Gasteiger partial charge in [0.2, 0.25) is 15.9 Å². The van der Waals surface area contributed by atoms with E-state index in [1.54, 1.807) is 56.3 Å². The van der Waals surface area contributed by atoms with Crippen LogP contribution < -0.4 is 25.2 Å². The molecule has 0 fully saturated rings. The molecule has 2 aromatic carbocycles. The van der Waals surface area contributed by atoms with Gasteiger partial charge in [-0.25, -0.2) is 8.42 Å². The summed E-state index contributed by atoms with van der Waals surface area (Å²) in [6.07, 6.45) is 2.94. The van der Waals surface area contributed by atoms with Crippen LogP contribution in [0.1, 0.15) is 18.1 Å². The maximum Gasteiger partial charge on any atom is 0.255 e. The fourth-order valence-electron chi connectivity index (χ4n) is 2.51. The van der Waals surface area contributed by atoms with Gasteiger partial charge in [-0.15, -0.1) is 0 Å². The molecule has 0 aliphatic carbocycles. The van der Waals surface area contributed by atoms with Crippen LogP contribution in [0.4, 0.5) is 11.4 Å². The summed E-state index contributed by atoms with van der Waals surface area (Å²) < 4.78 is 36.4. The van der Waals surface area contributed by atoms with Crippen molar-refractivity contribution < 1.29 is 27.5 Å². The van der Waals surface area contributed by atoms with Crippen molar-refractivity contribution in [1.82, 2.24) is 0 Å². The lowest BCUT2D eigenvalue weighted by molar-refractivity contribution is -0.120. The zero-order valence-electron chi connectivity index (χ0n) is 17.5. The van der Waals surface area contributed by atoms with Gasteiger partial charge in [0, 0.05) is 11.8 Å². The largest absolute Gasteiger partial charge is 0.493 e. The van der Waals surface area contributed by atoms with Gasteiger partial charge in [-0.1, -0.05) is 6.07 Å². The highest BCUT2D eigenvalue weighted by molar-refractivity contribution is 7.92. The van der Waals surface area contributed by atoms with Crippen LogP contribution in [0, 0.1) is 6.92 Å². The molecule has 2 amide bonds. The maximum absolute atomic E-state index is 12.2. The monoisotopic (exact) mass is 447 g/mol. The Morgan fingerprint density at radius 1 is 1.13 bits per heavy atom. The Morgan fingerprint density at radius 2 is 1.87 bits per heavy atom. The third-order valence-electron chi connectivity index (χ3n) is 4.12. The summed E-state index contributed by atoms with van der Waals surface area (Å²) in [5.41, 5.74) is 7.41. The first kappa shape index (κ1) is 23.7. The van der Waals surface area contributed by atoms with Gasteiger partial charge in [-0.05, 0) is 61.4 Å². The SMILES string of the molecule is CCS(=O)(=O)Nc1ccc(NC(=O)C=Cc2ccc(OCC(N)=O)c(OC)c2)cc1C.